The Labute approximate surface area is 144 Å². The molecule has 0 unspecified atom stereocenters. The van der Waals surface area contributed by atoms with Crippen LogP contribution in [-0.2, 0) is 21.7 Å². The minimum Gasteiger partial charge on any atom is -0.200 e. The van der Waals surface area contributed by atoms with Gasteiger partial charge in [-0.2, -0.15) is 0 Å². The van der Waals surface area contributed by atoms with Gasteiger partial charge in [-0.25, -0.2) is 52.7 Å². The van der Waals surface area contributed by atoms with Crippen LogP contribution in [0.5, 0.6) is 0 Å². The summed E-state index contributed by atoms with van der Waals surface area (Å²) in [5.41, 5.74) is 0. The van der Waals surface area contributed by atoms with Crippen molar-refractivity contribution in [2.75, 3.05) is 0 Å². The average Bonchev–Trinajstić information content (AvgIpc) is 2.58. The summed E-state index contributed by atoms with van der Waals surface area (Å²) in [7, 11) is 0. The number of hydrogen-bond donors (Lipinski definition) is 0. The number of hydrogen-bond acceptors (Lipinski definition) is 0. The van der Waals surface area contributed by atoms with Gasteiger partial charge in [-0.05, 0) is 0 Å². The van der Waals surface area contributed by atoms with E-state index in [4.69, 9.17) is 0 Å². The van der Waals surface area contributed by atoms with Crippen LogP contribution < -0.4 is 0 Å². The van der Waals surface area contributed by atoms with Crippen LogP contribution >= 0.6 is 0 Å². The molecule has 0 radical (unpaired) electrons. The van der Waals surface area contributed by atoms with Gasteiger partial charge in [0.1, 0.15) is 0 Å². The molecular weight excluding hydrogens is 420 g/mol. The van der Waals surface area contributed by atoms with Gasteiger partial charge in [-0.1, -0.05) is 0 Å². The van der Waals surface area contributed by atoms with Gasteiger partial charge >= 0.3 is 0 Å². The molecule has 0 amide bonds. The molecule has 25 heavy (non-hydrogen) atoms. The van der Waals surface area contributed by atoms with Crippen molar-refractivity contribution >= 4 is 0 Å². The fourth-order valence-electron chi connectivity index (χ4n) is 1.16. The van der Waals surface area contributed by atoms with Crippen molar-refractivity contribution in [2.24, 2.45) is 0 Å². The third-order valence-corrected chi connectivity index (χ3v) is 2.31. The smallest absolute Gasteiger partial charge is 0.200 e. The molecule has 2 rings (SSSR count). The van der Waals surface area contributed by atoms with Gasteiger partial charge in [0.05, 0.1) is 0 Å². The summed E-state index contributed by atoms with van der Waals surface area (Å²) in [4.78, 5) is 0. The second-order valence-electron chi connectivity index (χ2n) is 3.77. The first kappa shape index (κ1) is 23.3. The predicted octanol–water partition coefficient (Wildman–Crippen LogP) is 5.04. The maximum atomic E-state index is 12.0. The van der Waals surface area contributed by atoms with E-state index in [1.165, 1.54) is 0 Å². The van der Waals surface area contributed by atoms with Crippen LogP contribution in [0.3, 0.4) is 0 Å². The zero-order valence-corrected chi connectivity index (χ0v) is 12.6. The number of benzene rings is 2. The first-order valence-corrected chi connectivity index (χ1v) is 5.27. The maximum absolute atomic E-state index is 12.0. The van der Waals surface area contributed by atoms with Gasteiger partial charge in [0.2, 0.25) is 69.8 Å². The Morgan fingerprint density at radius 2 is 0.240 bits per heavy atom. The average molecular weight is 420 g/mol. The Bertz CT molecular complexity index is 526. The van der Waals surface area contributed by atoms with Gasteiger partial charge < -0.3 is 0 Å². The van der Waals surface area contributed by atoms with E-state index in [1.54, 1.807) is 0 Å². The zero-order chi connectivity index (χ0) is 18.9. The van der Waals surface area contributed by atoms with E-state index >= 15 is 0 Å². The van der Waals surface area contributed by atoms with Crippen LogP contribution in [0.4, 0.5) is 52.7 Å². The second kappa shape index (κ2) is 8.61. The normalized spacial score (nSPS) is 10.1. The Morgan fingerprint density at radius 3 is 0.280 bits per heavy atom. The quantitative estimate of drug-likeness (QED) is 0.243. The molecule has 136 valence electrons. The second-order valence-corrected chi connectivity index (χ2v) is 3.77. The molecule has 0 saturated heterocycles. The summed E-state index contributed by atoms with van der Waals surface area (Å²) < 4.78 is 144. The molecular formula is C12F12Ti. The molecule has 0 N–H and O–H groups in total. The minimum absolute atomic E-state index is 0. The van der Waals surface area contributed by atoms with Gasteiger partial charge in [0, 0.05) is 21.7 Å². The van der Waals surface area contributed by atoms with Crippen molar-refractivity contribution in [1.29, 1.82) is 0 Å². The largest absolute Gasteiger partial charge is 0.200 e. The predicted molar refractivity (Wildman–Crippen MR) is 52.4 cm³/mol. The van der Waals surface area contributed by atoms with Crippen molar-refractivity contribution in [3.63, 3.8) is 0 Å². The van der Waals surface area contributed by atoms with Crippen LogP contribution in [0.15, 0.2) is 0 Å². The molecule has 0 aliphatic heterocycles. The summed E-state index contributed by atoms with van der Waals surface area (Å²) in [6, 6.07) is 0. The molecule has 0 fully saturated rings. The van der Waals surface area contributed by atoms with E-state index < -0.39 is 69.8 Å². The van der Waals surface area contributed by atoms with Crippen LogP contribution in [0.1, 0.15) is 0 Å². The summed E-state index contributed by atoms with van der Waals surface area (Å²) >= 11 is 0. The Hall–Kier alpha value is -1.69. The fourth-order valence-corrected chi connectivity index (χ4v) is 1.16. The third-order valence-electron chi connectivity index (χ3n) is 2.31. The molecule has 13 heteroatoms. The number of rotatable bonds is 0. The van der Waals surface area contributed by atoms with Crippen molar-refractivity contribution in [3.8, 4) is 0 Å². The molecule has 0 spiro atoms. The molecule has 0 aliphatic carbocycles. The van der Waals surface area contributed by atoms with Gasteiger partial charge in [0.15, 0.2) is 0 Å². The monoisotopic (exact) mass is 420 g/mol. The molecule has 0 bridgehead atoms. The van der Waals surface area contributed by atoms with Crippen LogP contribution in [0.25, 0.3) is 0 Å². The molecule has 0 aliphatic rings. The molecule has 0 saturated carbocycles. The van der Waals surface area contributed by atoms with E-state index in [0.29, 0.717) is 0 Å². The summed E-state index contributed by atoms with van der Waals surface area (Å²) in [6.07, 6.45) is 0. The van der Waals surface area contributed by atoms with E-state index in [9.17, 15) is 52.7 Å². The molecule has 0 heterocycles. The standard InChI is InChI=1S/2C6F6.Ti/c2*7-1-2(8)4(10)6(12)5(11)3(1)9;. The SMILES string of the molecule is Fc1c(F)c(F)c(F)c(F)c1F.Fc1c(F)c(F)c(F)c(F)c1F.[Ti]. The summed E-state index contributed by atoms with van der Waals surface area (Å²) in [5, 5.41) is 0. The van der Waals surface area contributed by atoms with Crippen molar-refractivity contribution in [3.05, 3.63) is 69.8 Å². The van der Waals surface area contributed by atoms with Crippen molar-refractivity contribution in [2.45, 2.75) is 0 Å². The molecule has 2 aromatic rings. The molecule has 0 nitrogen and oxygen atoms in total. The van der Waals surface area contributed by atoms with Gasteiger partial charge in [-0.15, -0.1) is 0 Å². The van der Waals surface area contributed by atoms with Gasteiger partial charge in [0.25, 0.3) is 0 Å². The Kier molecular flexibility index (Phi) is 8.03. The van der Waals surface area contributed by atoms with E-state index in [2.05, 4.69) is 0 Å². The van der Waals surface area contributed by atoms with E-state index in [1.807, 2.05) is 0 Å². The molecule has 0 atom stereocenters. The first-order valence-electron chi connectivity index (χ1n) is 5.27. The van der Waals surface area contributed by atoms with Crippen molar-refractivity contribution in [1.82, 2.24) is 0 Å². The Balaban J connectivity index is 0.000000443. The van der Waals surface area contributed by atoms with E-state index in [-0.39, 0.29) is 21.7 Å². The summed E-state index contributed by atoms with van der Waals surface area (Å²) in [5.74, 6) is -28.4. The molecule has 2 aromatic carbocycles. The zero-order valence-electron chi connectivity index (χ0n) is 11.0. The van der Waals surface area contributed by atoms with Crippen LogP contribution in [-0.4, -0.2) is 0 Å². The van der Waals surface area contributed by atoms with Crippen LogP contribution in [0, 0.1) is 69.8 Å². The third kappa shape index (κ3) is 4.29. The minimum atomic E-state index is -2.37. The van der Waals surface area contributed by atoms with Crippen LogP contribution in [0.2, 0.25) is 0 Å². The van der Waals surface area contributed by atoms with E-state index in [0.717, 1.165) is 0 Å². The fraction of sp³-hybridized carbons (Fsp3) is 0. The van der Waals surface area contributed by atoms with Gasteiger partial charge in [-0.3, -0.25) is 0 Å². The first-order chi connectivity index (χ1) is 10.9. The topological polar surface area (TPSA) is 0 Å². The Morgan fingerprint density at radius 1 is 0.200 bits per heavy atom. The van der Waals surface area contributed by atoms with Crippen molar-refractivity contribution < 1.29 is 74.4 Å². The maximum Gasteiger partial charge on any atom is 0.200 e. The number of halogens is 12. The summed E-state index contributed by atoms with van der Waals surface area (Å²) in [6.45, 7) is 0. The molecule has 0 aromatic heterocycles.